The Hall–Kier alpha value is -3.65. The molecule has 1 aliphatic heterocycles. The molecule has 0 bridgehead atoms. The van der Waals surface area contributed by atoms with Gasteiger partial charge >= 0.3 is 5.97 Å². The van der Waals surface area contributed by atoms with Gasteiger partial charge in [0, 0.05) is 13.1 Å². The van der Waals surface area contributed by atoms with Gasteiger partial charge < -0.3 is 14.4 Å². The molecular formula is C29H32N2O5S. The molecule has 3 aromatic rings. The van der Waals surface area contributed by atoms with Crippen LogP contribution >= 0.6 is 11.3 Å². The summed E-state index contributed by atoms with van der Waals surface area (Å²) >= 11 is 1.17. The summed E-state index contributed by atoms with van der Waals surface area (Å²) in [4.78, 5) is 40.4. The Morgan fingerprint density at radius 3 is 2.57 bits per heavy atom. The lowest BCUT2D eigenvalue weighted by molar-refractivity contribution is -0.136. The predicted molar refractivity (Wildman–Crippen MR) is 145 cm³/mol. The van der Waals surface area contributed by atoms with Crippen LogP contribution in [0, 0.1) is 5.92 Å². The van der Waals surface area contributed by atoms with Crippen LogP contribution < -0.4 is 19.5 Å². The topological polar surface area (TPSA) is 77.8 Å². The van der Waals surface area contributed by atoms with E-state index in [1.54, 1.807) is 17.9 Å². The van der Waals surface area contributed by atoms with Crippen molar-refractivity contribution in [2.75, 3.05) is 19.7 Å². The SMILES string of the molecule is CCOC(=O)/C=c1/s/c(=C\c2cccc(OCc3ccccc3)c2)c(=O)n1CC(=O)N1CCC(C)CC1. The molecule has 2 aromatic carbocycles. The third kappa shape index (κ3) is 7.20. The molecule has 0 radical (unpaired) electrons. The first-order valence-corrected chi connectivity index (χ1v) is 13.4. The number of ether oxygens (including phenoxy) is 2. The van der Waals surface area contributed by atoms with Gasteiger partial charge in [0.25, 0.3) is 5.56 Å². The minimum atomic E-state index is -0.542. The van der Waals surface area contributed by atoms with Gasteiger partial charge in [-0.15, -0.1) is 11.3 Å². The number of benzene rings is 2. The van der Waals surface area contributed by atoms with Gasteiger partial charge in [-0.3, -0.25) is 14.2 Å². The molecule has 0 saturated carbocycles. The Bertz CT molecular complexity index is 1400. The number of esters is 1. The molecule has 8 heteroatoms. The highest BCUT2D eigenvalue weighted by Crippen LogP contribution is 2.17. The smallest absolute Gasteiger partial charge is 0.333 e. The summed E-state index contributed by atoms with van der Waals surface area (Å²) in [6.07, 6.45) is 4.95. The molecule has 37 heavy (non-hydrogen) atoms. The highest BCUT2D eigenvalue weighted by molar-refractivity contribution is 7.07. The fraction of sp³-hybridized carbons (Fsp3) is 0.345. The highest BCUT2D eigenvalue weighted by atomic mass is 32.1. The van der Waals surface area contributed by atoms with Gasteiger partial charge in [-0.2, -0.15) is 0 Å². The number of rotatable bonds is 8. The number of thiazole rings is 1. The van der Waals surface area contributed by atoms with Crippen molar-refractivity contribution < 1.29 is 19.1 Å². The van der Waals surface area contributed by atoms with Crippen LogP contribution in [-0.4, -0.2) is 41.0 Å². The first kappa shape index (κ1) is 26.4. The number of hydrogen-bond acceptors (Lipinski definition) is 6. The van der Waals surface area contributed by atoms with Gasteiger partial charge in [0.1, 0.15) is 23.6 Å². The number of hydrogen-bond donors (Lipinski definition) is 0. The lowest BCUT2D eigenvalue weighted by Crippen LogP contribution is -2.43. The zero-order chi connectivity index (χ0) is 26.2. The second kappa shape index (κ2) is 12.5. The van der Waals surface area contributed by atoms with Crippen molar-refractivity contribution in [3.05, 3.63) is 85.3 Å². The third-order valence-corrected chi connectivity index (χ3v) is 7.36. The molecule has 0 N–H and O–H groups in total. The quantitative estimate of drug-likeness (QED) is 0.427. The van der Waals surface area contributed by atoms with Crippen molar-refractivity contribution >= 4 is 35.4 Å². The summed E-state index contributed by atoms with van der Waals surface area (Å²) in [5.41, 5.74) is 1.54. The van der Waals surface area contributed by atoms with Gasteiger partial charge in [0.2, 0.25) is 5.91 Å². The number of carbonyl (C=O) groups excluding carboxylic acids is 2. The Balaban J connectivity index is 1.62. The molecule has 1 aliphatic rings. The lowest BCUT2D eigenvalue weighted by Gasteiger charge is -2.30. The van der Waals surface area contributed by atoms with Gasteiger partial charge in [-0.25, -0.2) is 4.79 Å². The zero-order valence-corrected chi connectivity index (χ0v) is 22.0. The number of amides is 1. The van der Waals surface area contributed by atoms with E-state index in [0.29, 0.717) is 40.6 Å². The van der Waals surface area contributed by atoms with Crippen LogP contribution in [0.2, 0.25) is 0 Å². The van der Waals surface area contributed by atoms with Gasteiger partial charge in [-0.1, -0.05) is 49.4 Å². The first-order chi connectivity index (χ1) is 17.9. The van der Waals surface area contributed by atoms with Gasteiger partial charge in [-0.05, 0) is 55.0 Å². The minimum absolute atomic E-state index is 0.108. The molecule has 1 saturated heterocycles. The van der Waals surface area contributed by atoms with Crippen LogP contribution in [0.1, 0.15) is 37.8 Å². The van der Waals surface area contributed by atoms with Crippen molar-refractivity contribution in [3.8, 4) is 5.75 Å². The third-order valence-electron chi connectivity index (χ3n) is 6.30. The Kier molecular flexibility index (Phi) is 8.95. The standard InChI is InChI=1S/C29H32N2O5S/c1-3-35-28(33)18-27-31(19-26(32)30-14-12-21(2)13-15-30)29(34)25(37-27)17-23-10-7-11-24(16-23)36-20-22-8-5-4-6-9-22/h4-11,16-18,21H,3,12-15,19-20H2,1-2H3/b25-17-,27-18+. The lowest BCUT2D eigenvalue weighted by atomic mass is 9.99. The summed E-state index contributed by atoms with van der Waals surface area (Å²) in [6, 6.07) is 17.4. The molecule has 0 unspecified atom stereocenters. The average Bonchev–Trinajstić information content (AvgIpc) is 3.17. The maximum atomic E-state index is 13.4. The molecule has 1 amide bonds. The van der Waals surface area contributed by atoms with E-state index in [4.69, 9.17) is 9.47 Å². The van der Waals surface area contributed by atoms with Crippen LogP contribution in [-0.2, 0) is 27.5 Å². The number of aromatic nitrogens is 1. The number of nitrogens with zero attached hydrogens (tertiary/aromatic N) is 2. The molecule has 2 heterocycles. The summed E-state index contributed by atoms with van der Waals surface area (Å²) in [5, 5.41) is 0. The molecule has 0 aliphatic carbocycles. The molecule has 4 rings (SSSR count). The van der Waals surface area contributed by atoms with Crippen molar-refractivity contribution in [1.29, 1.82) is 0 Å². The van der Waals surface area contributed by atoms with Crippen LogP contribution in [0.4, 0.5) is 0 Å². The second-order valence-electron chi connectivity index (χ2n) is 9.15. The van der Waals surface area contributed by atoms with E-state index in [1.807, 2.05) is 54.6 Å². The molecule has 0 atom stereocenters. The Morgan fingerprint density at radius 2 is 1.84 bits per heavy atom. The average molecular weight is 521 g/mol. The predicted octanol–water partition coefficient (Wildman–Crippen LogP) is 2.92. The van der Waals surface area contributed by atoms with Crippen LogP contribution in [0.25, 0.3) is 12.2 Å². The van der Waals surface area contributed by atoms with E-state index in [2.05, 4.69) is 6.92 Å². The maximum absolute atomic E-state index is 13.4. The van der Waals surface area contributed by atoms with Gasteiger partial charge in [0.05, 0.1) is 17.2 Å². The van der Waals surface area contributed by atoms with E-state index in [0.717, 1.165) is 24.0 Å². The van der Waals surface area contributed by atoms with Crippen LogP contribution in [0.3, 0.4) is 0 Å². The van der Waals surface area contributed by atoms with E-state index in [1.165, 1.54) is 22.0 Å². The molecule has 1 fully saturated rings. The van der Waals surface area contributed by atoms with E-state index in [-0.39, 0.29) is 24.6 Å². The number of piperidine rings is 1. The van der Waals surface area contributed by atoms with E-state index in [9.17, 15) is 14.4 Å². The molecule has 1 aromatic heterocycles. The van der Waals surface area contributed by atoms with Crippen molar-refractivity contribution in [2.24, 2.45) is 5.92 Å². The summed E-state index contributed by atoms with van der Waals surface area (Å²) in [6.45, 7) is 5.83. The number of carbonyl (C=O) groups is 2. The second-order valence-corrected chi connectivity index (χ2v) is 10.2. The zero-order valence-electron chi connectivity index (χ0n) is 21.2. The maximum Gasteiger partial charge on any atom is 0.333 e. The normalized spacial score (nSPS) is 15.1. The molecular weight excluding hydrogens is 488 g/mol. The van der Waals surface area contributed by atoms with Crippen LogP contribution in [0.15, 0.2) is 59.4 Å². The van der Waals surface area contributed by atoms with E-state index >= 15 is 0 Å². The molecule has 7 nitrogen and oxygen atoms in total. The van der Waals surface area contributed by atoms with Crippen molar-refractivity contribution in [2.45, 2.75) is 39.8 Å². The Labute approximate surface area is 220 Å². The molecule has 0 spiro atoms. The van der Waals surface area contributed by atoms with Gasteiger partial charge in [0.15, 0.2) is 0 Å². The fourth-order valence-electron chi connectivity index (χ4n) is 4.16. The summed E-state index contributed by atoms with van der Waals surface area (Å²) < 4.78 is 13.2. The van der Waals surface area contributed by atoms with Crippen molar-refractivity contribution in [3.63, 3.8) is 0 Å². The number of likely N-dealkylation sites (tertiary alicyclic amines) is 1. The fourth-order valence-corrected chi connectivity index (χ4v) is 5.19. The van der Waals surface area contributed by atoms with Crippen LogP contribution in [0.5, 0.6) is 5.75 Å². The largest absolute Gasteiger partial charge is 0.489 e. The first-order valence-electron chi connectivity index (χ1n) is 12.6. The van der Waals surface area contributed by atoms with E-state index < -0.39 is 5.97 Å². The Morgan fingerprint density at radius 1 is 1.08 bits per heavy atom. The summed E-state index contributed by atoms with van der Waals surface area (Å²) in [7, 11) is 0. The minimum Gasteiger partial charge on any atom is -0.489 e. The highest BCUT2D eigenvalue weighted by Gasteiger charge is 2.21. The molecule has 194 valence electrons. The monoisotopic (exact) mass is 520 g/mol. The summed E-state index contributed by atoms with van der Waals surface area (Å²) in [5.74, 6) is 0.615. The van der Waals surface area contributed by atoms with Crippen molar-refractivity contribution in [1.82, 2.24) is 9.47 Å².